The molecule has 0 aromatic heterocycles. The molecule has 1 saturated heterocycles. The Morgan fingerprint density at radius 2 is 2.17 bits per heavy atom. The molecule has 1 aromatic rings. The van der Waals surface area contributed by atoms with E-state index in [9.17, 15) is 9.90 Å². The third-order valence-electron chi connectivity index (χ3n) is 2.99. The number of halogens is 1. The van der Waals surface area contributed by atoms with Crippen molar-refractivity contribution in [2.75, 3.05) is 20.2 Å². The van der Waals surface area contributed by atoms with E-state index >= 15 is 0 Å². The van der Waals surface area contributed by atoms with Gasteiger partial charge in [0.15, 0.2) is 0 Å². The van der Waals surface area contributed by atoms with Crippen molar-refractivity contribution in [2.24, 2.45) is 0 Å². The molecule has 1 aromatic carbocycles. The minimum absolute atomic E-state index is 0.238. The van der Waals surface area contributed by atoms with Gasteiger partial charge in [0.2, 0.25) is 0 Å². The number of carbonyl (C=O) groups is 1. The Morgan fingerprint density at radius 3 is 2.78 bits per heavy atom. The van der Waals surface area contributed by atoms with Crippen LogP contribution < -0.4 is 15.4 Å². The minimum atomic E-state index is -0.848. The summed E-state index contributed by atoms with van der Waals surface area (Å²) in [7, 11) is 1.60. The molecule has 0 saturated carbocycles. The van der Waals surface area contributed by atoms with Crippen LogP contribution in [0.5, 0.6) is 5.75 Å². The molecule has 2 rings (SSSR count). The summed E-state index contributed by atoms with van der Waals surface area (Å²) in [6, 6.07) is 4.75. The highest BCUT2D eigenvalue weighted by Gasteiger charge is 2.31. The first kappa shape index (κ1) is 13.3. The molecule has 3 N–H and O–H groups in total. The Bertz CT molecular complexity index is 453. The van der Waals surface area contributed by atoms with Gasteiger partial charge in [-0.2, -0.15) is 0 Å². The highest BCUT2D eigenvalue weighted by Crippen LogP contribution is 2.29. The summed E-state index contributed by atoms with van der Waals surface area (Å²) < 4.78 is 5.98. The van der Waals surface area contributed by atoms with Crippen molar-refractivity contribution < 1.29 is 14.6 Å². The zero-order chi connectivity index (χ0) is 13.1. The quantitative estimate of drug-likeness (QED) is 0.780. The number of benzene rings is 1. The van der Waals surface area contributed by atoms with E-state index in [2.05, 4.69) is 26.6 Å². The summed E-state index contributed by atoms with van der Waals surface area (Å²) in [6.07, 6.45) is 0. The van der Waals surface area contributed by atoms with Crippen molar-refractivity contribution in [2.45, 2.75) is 12.1 Å². The lowest BCUT2D eigenvalue weighted by atomic mass is 9.97. The smallest absolute Gasteiger partial charge is 0.322 e. The number of rotatable bonds is 3. The first-order valence-electron chi connectivity index (χ1n) is 5.66. The van der Waals surface area contributed by atoms with Crippen LogP contribution in [0.1, 0.15) is 11.6 Å². The van der Waals surface area contributed by atoms with E-state index < -0.39 is 12.0 Å². The molecule has 0 aliphatic carbocycles. The minimum Gasteiger partial charge on any atom is -0.496 e. The lowest BCUT2D eigenvalue weighted by molar-refractivity contribution is -0.140. The van der Waals surface area contributed by atoms with E-state index in [0.717, 1.165) is 22.3 Å². The maximum absolute atomic E-state index is 11.2. The van der Waals surface area contributed by atoms with Crippen LogP contribution in [-0.2, 0) is 4.79 Å². The zero-order valence-electron chi connectivity index (χ0n) is 9.94. The first-order valence-corrected chi connectivity index (χ1v) is 6.46. The second kappa shape index (κ2) is 5.69. The lowest BCUT2D eigenvalue weighted by Crippen LogP contribution is -2.54. The molecule has 1 aliphatic rings. The average Bonchev–Trinajstić information content (AvgIpc) is 2.38. The van der Waals surface area contributed by atoms with E-state index in [0.29, 0.717) is 6.54 Å². The lowest BCUT2D eigenvalue weighted by Gasteiger charge is -2.31. The fraction of sp³-hybridized carbons (Fsp3) is 0.417. The molecular weight excluding hydrogens is 300 g/mol. The second-order valence-electron chi connectivity index (χ2n) is 4.10. The number of nitrogens with one attached hydrogen (secondary N) is 2. The van der Waals surface area contributed by atoms with E-state index in [1.165, 1.54) is 0 Å². The Hall–Kier alpha value is -1.11. The van der Waals surface area contributed by atoms with Crippen LogP contribution in [0.2, 0.25) is 0 Å². The predicted molar refractivity (Wildman–Crippen MR) is 70.9 cm³/mol. The standard InChI is InChI=1S/C12H15BrN2O3/c1-18-9-3-2-7(6-8(9)13)10-11(12(16)17)15-5-4-14-10/h2-3,6,10-11,14-15H,4-5H2,1H3,(H,16,17). The van der Waals surface area contributed by atoms with Crippen LogP contribution in [0.4, 0.5) is 0 Å². The summed E-state index contributed by atoms with van der Waals surface area (Å²) >= 11 is 3.41. The number of hydrogen-bond acceptors (Lipinski definition) is 4. The van der Waals surface area contributed by atoms with Gasteiger partial charge < -0.3 is 20.5 Å². The summed E-state index contributed by atoms with van der Waals surface area (Å²) in [5.41, 5.74) is 0.919. The molecule has 6 heteroatoms. The number of ether oxygens (including phenoxy) is 1. The first-order chi connectivity index (χ1) is 8.63. The van der Waals surface area contributed by atoms with E-state index in [-0.39, 0.29) is 6.04 Å². The van der Waals surface area contributed by atoms with Crippen LogP contribution in [0.15, 0.2) is 22.7 Å². The highest BCUT2D eigenvalue weighted by atomic mass is 79.9. The Labute approximate surface area is 114 Å². The van der Waals surface area contributed by atoms with Crippen molar-refractivity contribution in [1.82, 2.24) is 10.6 Å². The van der Waals surface area contributed by atoms with Crippen molar-refractivity contribution in [1.29, 1.82) is 0 Å². The summed E-state index contributed by atoms with van der Waals surface area (Å²) in [5.74, 6) is -0.117. The normalized spacial score (nSPS) is 23.7. The molecule has 0 spiro atoms. The molecule has 1 heterocycles. The third-order valence-corrected chi connectivity index (χ3v) is 3.61. The predicted octanol–water partition coefficient (Wildman–Crippen LogP) is 1.14. The summed E-state index contributed by atoms with van der Waals surface area (Å²) in [6.45, 7) is 1.41. The Morgan fingerprint density at radius 1 is 1.44 bits per heavy atom. The van der Waals surface area contributed by atoms with Crippen molar-refractivity contribution in [3.8, 4) is 5.75 Å². The number of carboxylic acids is 1. The van der Waals surface area contributed by atoms with E-state index in [1.54, 1.807) is 7.11 Å². The molecule has 2 unspecified atom stereocenters. The molecule has 1 fully saturated rings. The van der Waals surface area contributed by atoms with E-state index in [1.807, 2.05) is 18.2 Å². The number of methoxy groups -OCH3 is 1. The largest absolute Gasteiger partial charge is 0.496 e. The van der Waals surface area contributed by atoms with Gasteiger partial charge in [0.25, 0.3) is 0 Å². The Kier molecular flexibility index (Phi) is 4.21. The molecule has 0 radical (unpaired) electrons. The monoisotopic (exact) mass is 314 g/mol. The van der Waals surface area contributed by atoms with Crippen LogP contribution in [-0.4, -0.2) is 37.3 Å². The van der Waals surface area contributed by atoms with Gasteiger partial charge in [-0.05, 0) is 33.6 Å². The summed E-state index contributed by atoms with van der Waals surface area (Å²) in [4.78, 5) is 11.2. The van der Waals surface area contributed by atoms with Crippen molar-refractivity contribution in [3.05, 3.63) is 28.2 Å². The Balaban J connectivity index is 2.28. The topological polar surface area (TPSA) is 70.6 Å². The maximum atomic E-state index is 11.2. The van der Waals surface area contributed by atoms with Gasteiger partial charge in [0.05, 0.1) is 17.6 Å². The van der Waals surface area contributed by atoms with E-state index in [4.69, 9.17) is 4.74 Å². The zero-order valence-corrected chi connectivity index (χ0v) is 11.5. The van der Waals surface area contributed by atoms with Gasteiger partial charge in [-0.3, -0.25) is 4.79 Å². The molecular formula is C12H15BrN2O3. The fourth-order valence-electron chi connectivity index (χ4n) is 2.11. The molecule has 2 atom stereocenters. The van der Waals surface area contributed by atoms with Gasteiger partial charge in [0, 0.05) is 13.1 Å². The molecule has 5 nitrogen and oxygen atoms in total. The van der Waals surface area contributed by atoms with Crippen molar-refractivity contribution >= 4 is 21.9 Å². The van der Waals surface area contributed by atoms with Crippen LogP contribution >= 0.6 is 15.9 Å². The molecule has 18 heavy (non-hydrogen) atoms. The SMILES string of the molecule is COc1ccc(C2NCCNC2C(=O)O)cc1Br. The van der Waals surface area contributed by atoms with Gasteiger partial charge in [-0.15, -0.1) is 0 Å². The van der Waals surface area contributed by atoms with Crippen LogP contribution in [0.25, 0.3) is 0 Å². The third kappa shape index (κ3) is 2.66. The number of piperazine rings is 1. The van der Waals surface area contributed by atoms with Crippen LogP contribution in [0, 0.1) is 0 Å². The molecule has 98 valence electrons. The molecule has 0 bridgehead atoms. The van der Waals surface area contributed by atoms with Gasteiger partial charge in [0.1, 0.15) is 11.8 Å². The number of hydrogen-bond donors (Lipinski definition) is 3. The fourth-order valence-corrected chi connectivity index (χ4v) is 2.67. The number of carboxylic acid groups (broad SMARTS) is 1. The summed E-state index contributed by atoms with van der Waals surface area (Å²) in [5, 5.41) is 15.4. The number of aliphatic carboxylic acids is 1. The average molecular weight is 315 g/mol. The highest BCUT2D eigenvalue weighted by molar-refractivity contribution is 9.10. The van der Waals surface area contributed by atoms with Crippen LogP contribution in [0.3, 0.4) is 0 Å². The van der Waals surface area contributed by atoms with Gasteiger partial charge >= 0.3 is 5.97 Å². The van der Waals surface area contributed by atoms with Crippen molar-refractivity contribution in [3.63, 3.8) is 0 Å². The molecule has 1 aliphatic heterocycles. The second-order valence-corrected chi connectivity index (χ2v) is 4.95. The van der Waals surface area contributed by atoms with Gasteiger partial charge in [-0.25, -0.2) is 0 Å². The van der Waals surface area contributed by atoms with Gasteiger partial charge in [-0.1, -0.05) is 6.07 Å². The maximum Gasteiger partial charge on any atom is 0.322 e. The molecule has 0 amide bonds.